The Kier molecular flexibility index (Phi) is 4.93. The number of β-amino-alcohol motifs (C(OH)–C–C–N with tert-alkyl or cyclic N) is 1. The molecule has 0 heterocycles. The van der Waals surface area contributed by atoms with Gasteiger partial charge in [-0.15, -0.1) is 0 Å². The van der Waals surface area contributed by atoms with Crippen molar-refractivity contribution in [3.05, 3.63) is 29.6 Å². The third-order valence-corrected chi connectivity index (χ3v) is 2.80. The van der Waals surface area contributed by atoms with Gasteiger partial charge in [0.15, 0.2) is 11.6 Å². The molecule has 108 valence electrons. The van der Waals surface area contributed by atoms with Gasteiger partial charge in [0.1, 0.15) is 0 Å². The topological polar surface area (TPSA) is 41.5 Å². The molecule has 1 unspecified atom stereocenters. The summed E-state index contributed by atoms with van der Waals surface area (Å²) in [5.74, 6) is -0.184. The normalized spacial score (nSPS) is 15.1. The molecule has 0 saturated heterocycles. The number of nitrogens with one attached hydrogen (secondary N) is 1. The second-order valence-corrected chi connectivity index (χ2v) is 6.25. The summed E-state index contributed by atoms with van der Waals surface area (Å²) in [6.07, 6.45) is 0.386. The van der Waals surface area contributed by atoms with Crippen LogP contribution in [0.4, 0.5) is 4.39 Å². The maximum absolute atomic E-state index is 13.6. The molecule has 0 bridgehead atoms. The van der Waals surface area contributed by atoms with Crippen LogP contribution in [0.1, 0.15) is 33.3 Å². The molecule has 3 nitrogen and oxygen atoms in total. The molecule has 1 rings (SSSR count). The molecule has 19 heavy (non-hydrogen) atoms. The lowest BCUT2D eigenvalue weighted by molar-refractivity contribution is 0.0534. The highest BCUT2D eigenvalue weighted by Crippen LogP contribution is 2.21. The number of hydrogen-bond donors (Lipinski definition) is 2. The average molecular weight is 269 g/mol. The number of hydrogen-bond acceptors (Lipinski definition) is 3. The van der Waals surface area contributed by atoms with Crippen molar-refractivity contribution >= 4 is 0 Å². The van der Waals surface area contributed by atoms with E-state index in [1.54, 1.807) is 19.1 Å². The molecule has 0 aliphatic heterocycles. The first-order valence-electron chi connectivity index (χ1n) is 6.43. The van der Waals surface area contributed by atoms with Crippen LogP contribution in [0.2, 0.25) is 0 Å². The zero-order chi connectivity index (χ0) is 14.7. The van der Waals surface area contributed by atoms with E-state index < -0.39 is 11.4 Å². The molecule has 1 atom stereocenters. The van der Waals surface area contributed by atoms with Crippen molar-refractivity contribution in [2.45, 2.75) is 45.3 Å². The van der Waals surface area contributed by atoms with Crippen molar-refractivity contribution in [1.29, 1.82) is 0 Å². The van der Waals surface area contributed by atoms with Crippen LogP contribution in [0.3, 0.4) is 0 Å². The van der Waals surface area contributed by atoms with Crippen LogP contribution in [0.25, 0.3) is 0 Å². The van der Waals surface area contributed by atoms with Crippen LogP contribution in [0.15, 0.2) is 18.2 Å². The number of rotatable bonds is 5. The molecular formula is C15H24FNO2. The van der Waals surface area contributed by atoms with Gasteiger partial charge < -0.3 is 15.2 Å². The first-order chi connectivity index (χ1) is 8.63. The van der Waals surface area contributed by atoms with Crippen molar-refractivity contribution < 1.29 is 14.2 Å². The smallest absolute Gasteiger partial charge is 0.165 e. The van der Waals surface area contributed by atoms with Gasteiger partial charge in [-0.1, -0.05) is 6.07 Å². The van der Waals surface area contributed by atoms with Gasteiger partial charge in [0, 0.05) is 18.5 Å². The van der Waals surface area contributed by atoms with Crippen molar-refractivity contribution in [2.24, 2.45) is 0 Å². The largest absolute Gasteiger partial charge is 0.494 e. The summed E-state index contributed by atoms with van der Waals surface area (Å²) in [5.41, 5.74) is -0.234. The van der Waals surface area contributed by atoms with Crippen molar-refractivity contribution in [3.8, 4) is 5.75 Å². The maximum Gasteiger partial charge on any atom is 0.165 e. The van der Waals surface area contributed by atoms with Gasteiger partial charge >= 0.3 is 0 Å². The van der Waals surface area contributed by atoms with E-state index in [-0.39, 0.29) is 11.3 Å². The fraction of sp³-hybridized carbons (Fsp3) is 0.600. The molecule has 1 aromatic carbocycles. The molecule has 0 aromatic heterocycles. The molecule has 0 spiro atoms. The SMILES string of the molecule is COc1ccc(CC(C)(O)CNC(C)(C)C)cc1F. The fourth-order valence-electron chi connectivity index (χ4n) is 1.78. The minimum Gasteiger partial charge on any atom is -0.494 e. The van der Waals surface area contributed by atoms with Crippen LogP contribution in [-0.4, -0.2) is 29.9 Å². The molecule has 0 fully saturated rings. The highest BCUT2D eigenvalue weighted by Gasteiger charge is 2.23. The van der Waals surface area contributed by atoms with Gasteiger partial charge in [0.05, 0.1) is 12.7 Å². The molecule has 0 radical (unpaired) electrons. The van der Waals surface area contributed by atoms with Crippen LogP contribution < -0.4 is 10.1 Å². The lowest BCUT2D eigenvalue weighted by atomic mass is 9.95. The molecular weight excluding hydrogens is 245 g/mol. The zero-order valence-electron chi connectivity index (χ0n) is 12.4. The van der Waals surface area contributed by atoms with Crippen LogP contribution in [-0.2, 0) is 6.42 Å². The number of aliphatic hydroxyl groups is 1. The Bertz CT molecular complexity index is 425. The van der Waals surface area contributed by atoms with Crippen LogP contribution in [0.5, 0.6) is 5.75 Å². The molecule has 0 amide bonds. The summed E-state index contributed by atoms with van der Waals surface area (Å²) in [5, 5.41) is 13.6. The first kappa shape index (κ1) is 15.9. The van der Waals surface area contributed by atoms with Crippen molar-refractivity contribution in [3.63, 3.8) is 0 Å². The van der Waals surface area contributed by atoms with Crippen LogP contribution in [0, 0.1) is 5.82 Å². The Balaban J connectivity index is 2.69. The van der Waals surface area contributed by atoms with Crippen molar-refractivity contribution in [1.82, 2.24) is 5.32 Å². The van der Waals surface area contributed by atoms with E-state index in [4.69, 9.17) is 4.74 Å². The van der Waals surface area contributed by atoms with Gasteiger partial charge in [-0.2, -0.15) is 0 Å². The predicted molar refractivity (Wildman–Crippen MR) is 75.0 cm³/mol. The Morgan fingerprint density at radius 2 is 1.89 bits per heavy atom. The Morgan fingerprint density at radius 3 is 2.37 bits per heavy atom. The van der Waals surface area contributed by atoms with E-state index in [2.05, 4.69) is 5.32 Å². The van der Waals surface area contributed by atoms with E-state index in [1.807, 2.05) is 20.8 Å². The van der Waals surface area contributed by atoms with Gasteiger partial charge in [0.25, 0.3) is 0 Å². The second kappa shape index (κ2) is 5.88. The van der Waals surface area contributed by atoms with Gasteiger partial charge in [0.2, 0.25) is 0 Å². The molecule has 4 heteroatoms. The minimum absolute atomic E-state index is 0.0604. The van der Waals surface area contributed by atoms with E-state index >= 15 is 0 Å². The Hall–Kier alpha value is -1.13. The zero-order valence-corrected chi connectivity index (χ0v) is 12.4. The van der Waals surface area contributed by atoms with Gasteiger partial charge in [-0.3, -0.25) is 0 Å². The molecule has 0 saturated carbocycles. The predicted octanol–water partition coefficient (Wildman–Crippen LogP) is 2.52. The summed E-state index contributed by atoms with van der Waals surface area (Å²) in [6.45, 7) is 8.31. The highest BCUT2D eigenvalue weighted by molar-refractivity contribution is 5.30. The molecule has 2 N–H and O–H groups in total. The maximum atomic E-state index is 13.6. The molecule has 0 aliphatic carbocycles. The minimum atomic E-state index is -0.922. The summed E-state index contributed by atoms with van der Waals surface area (Å²) >= 11 is 0. The van der Waals surface area contributed by atoms with Crippen molar-refractivity contribution in [2.75, 3.05) is 13.7 Å². The average Bonchev–Trinajstić information content (AvgIpc) is 2.25. The first-order valence-corrected chi connectivity index (χ1v) is 6.43. The monoisotopic (exact) mass is 269 g/mol. The molecule has 1 aromatic rings. The number of halogens is 1. The van der Waals surface area contributed by atoms with Gasteiger partial charge in [-0.25, -0.2) is 4.39 Å². The second-order valence-electron chi connectivity index (χ2n) is 6.25. The lowest BCUT2D eigenvalue weighted by Gasteiger charge is -2.29. The van der Waals surface area contributed by atoms with E-state index in [9.17, 15) is 9.50 Å². The third kappa shape index (κ3) is 5.57. The number of ether oxygens (including phenoxy) is 1. The summed E-state index contributed by atoms with van der Waals surface area (Å²) < 4.78 is 18.5. The van der Waals surface area contributed by atoms with E-state index in [0.717, 1.165) is 5.56 Å². The standard InChI is InChI=1S/C15H24FNO2/c1-14(2,3)17-10-15(4,18)9-11-6-7-13(19-5)12(16)8-11/h6-8,17-18H,9-10H2,1-5H3. The summed E-state index contributed by atoms with van der Waals surface area (Å²) in [6, 6.07) is 4.76. The highest BCUT2D eigenvalue weighted by atomic mass is 19.1. The van der Waals surface area contributed by atoms with Gasteiger partial charge in [-0.05, 0) is 45.4 Å². The summed E-state index contributed by atoms with van der Waals surface area (Å²) in [4.78, 5) is 0. The fourth-order valence-corrected chi connectivity index (χ4v) is 1.78. The Labute approximate surface area is 114 Å². The van der Waals surface area contributed by atoms with E-state index in [0.29, 0.717) is 13.0 Å². The number of benzene rings is 1. The summed E-state index contributed by atoms with van der Waals surface area (Å²) in [7, 11) is 1.43. The molecule has 0 aliphatic rings. The lowest BCUT2D eigenvalue weighted by Crippen LogP contribution is -2.47. The van der Waals surface area contributed by atoms with E-state index in [1.165, 1.54) is 13.2 Å². The quantitative estimate of drug-likeness (QED) is 0.863. The number of methoxy groups -OCH3 is 1. The van der Waals surface area contributed by atoms with Crippen LogP contribution >= 0.6 is 0 Å². The Morgan fingerprint density at radius 1 is 1.26 bits per heavy atom. The third-order valence-electron chi connectivity index (χ3n) is 2.80.